The molecule has 1 unspecified atom stereocenters. The van der Waals surface area contributed by atoms with Gasteiger partial charge in [-0.05, 0) is 20.4 Å². The van der Waals surface area contributed by atoms with Gasteiger partial charge in [0.2, 0.25) is 0 Å². The normalized spacial score (nSPS) is 13.2. The topological polar surface area (TPSA) is 56.3 Å². The lowest BCUT2D eigenvalue weighted by atomic mass is 10.2. The summed E-state index contributed by atoms with van der Waals surface area (Å²) in [4.78, 5) is 6.47. The minimum Gasteiger partial charge on any atom is -0.380 e. The summed E-state index contributed by atoms with van der Waals surface area (Å²) in [7, 11) is 2.08. The first-order valence-corrected chi connectivity index (χ1v) is 6.72. The largest absolute Gasteiger partial charge is 0.380 e. The molecule has 1 atom stereocenters. The molecule has 0 radical (unpaired) electrons. The van der Waals surface area contributed by atoms with Gasteiger partial charge in [-0.25, -0.2) is 4.98 Å². The van der Waals surface area contributed by atoms with Crippen LogP contribution in [-0.4, -0.2) is 47.8 Å². The van der Waals surface area contributed by atoms with Crippen LogP contribution in [0.1, 0.15) is 32.0 Å². The van der Waals surface area contributed by atoms with E-state index in [1.165, 1.54) is 5.69 Å². The molecule has 18 heavy (non-hydrogen) atoms. The van der Waals surface area contributed by atoms with Gasteiger partial charge in [0, 0.05) is 32.4 Å². The number of aryl methyl sites for hydroxylation is 1. The summed E-state index contributed by atoms with van der Waals surface area (Å²) in [5.41, 5.74) is 7.10. The van der Waals surface area contributed by atoms with Crippen molar-refractivity contribution in [2.24, 2.45) is 5.73 Å². The molecule has 5 heteroatoms. The molecule has 1 aromatic rings. The molecule has 0 spiro atoms. The van der Waals surface area contributed by atoms with Crippen molar-refractivity contribution in [2.45, 2.75) is 32.9 Å². The number of nitrogens with zero attached hydrogens (tertiary/aromatic N) is 3. The maximum atomic E-state index is 5.91. The molecule has 0 aliphatic carbocycles. The summed E-state index contributed by atoms with van der Waals surface area (Å²) in [5, 5.41) is 0. The van der Waals surface area contributed by atoms with Crippen LogP contribution in [0.3, 0.4) is 0 Å². The summed E-state index contributed by atoms with van der Waals surface area (Å²) < 4.78 is 7.58. The van der Waals surface area contributed by atoms with Gasteiger partial charge in [-0.3, -0.25) is 4.90 Å². The van der Waals surface area contributed by atoms with Gasteiger partial charge in [0.05, 0.1) is 24.7 Å². The smallest absolute Gasteiger partial charge is 0.0948 e. The average molecular weight is 254 g/mol. The first kappa shape index (κ1) is 15.1. The van der Waals surface area contributed by atoms with Crippen molar-refractivity contribution in [3.05, 3.63) is 18.2 Å². The third-order valence-electron chi connectivity index (χ3n) is 3.10. The summed E-state index contributed by atoms with van der Waals surface area (Å²) in [6.45, 7) is 8.15. The number of nitrogens with two attached hydrogens (primary N) is 1. The molecular formula is C13H26N4O. The fraction of sp³-hybridized carbons (Fsp3) is 0.769. The van der Waals surface area contributed by atoms with Crippen molar-refractivity contribution < 1.29 is 4.74 Å². The Morgan fingerprint density at radius 2 is 2.28 bits per heavy atom. The predicted molar refractivity (Wildman–Crippen MR) is 73.4 cm³/mol. The third-order valence-corrected chi connectivity index (χ3v) is 3.10. The maximum Gasteiger partial charge on any atom is 0.0948 e. The van der Waals surface area contributed by atoms with Crippen molar-refractivity contribution in [3.8, 4) is 0 Å². The van der Waals surface area contributed by atoms with Crippen molar-refractivity contribution >= 4 is 0 Å². The Hall–Kier alpha value is -0.910. The highest BCUT2D eigenvalue weighted by Crippen LogP contribution is 2.18. The Balaban J connectivity index is 2.65. The molecule has 2 N–H and O–H groups in total. The lowest BCUT2D eigenvalue weighted by Gasteiger charge is -2.27. The first-order chi connectivity index (χ1) is 8.74. The molecule has 104 valence electrons. The van der Waals surface area contributed by atoms with E-state index >= 15 is 0 Å². The second kappa shape index (κ2) is 8.24. The number of imidazole rings is 1. The number of likely N-dealkylation sites (N-methyl/N-ethyl adjacent to an activating group) is 1. The summed E-state index contributed by atoms with van der Waals surface area (Å²) in [5.74, 6) is 0. The van der Waals surface area contributed by atoms with Crippen molar-refractivity contribution in [1.82, 2.24) is 14.5 Å². The zero-order valence-electron chi connectivity index (χ0n) is 11.8. The number of rotatable bonds is 9. The fourth-order valence-electron chi connectivity index (χ4n) is 2.07. The van der Waals surface area contributed by atoms with Crippen LogP contribution >= 0.6 is 0 Å². The zero-order chi connectivity index (χ0) is 13.4. The molecule has 1 heterocycles. The molecule has 0 saturated heterocycles. The Labute approximate surface area is 110 Å². The van der Waals surface area contributed by atoms with Crippen molar-refractivity contribution in [2.75, 3.05) is 33.4 Å². The van der Waals surface area contributed by atoms with E-state index in [2.05, 4.69) is 28.4 Å². The fourth-order valence-corrected chi connectivity index (χ4v) is 2.07. The van der Waals surface area contributed by atoms with Crippen LogP contribution in [0.4, 0.5) is 0 Å². The quantitative estimate of drug-likeness (QED) is 0.674. The molecule has 1 aromatic heterocycles. The standard InChI is InChI=1S/C13H26N4O/c1-4-6-17-11-15-10-13(17)12(9-14)16(3)7-8-18-5-2/h10-12H,4-9,14H2,1-3H3. The van der Waals surface area contributed by atoms with Crippen LogP contribution in [0.25, 0.3) is 0 Å². The molecule has 0 bridgehead atoms. The molecule has 0 aliphatic heterocycles. The lowest BCUT2D eigenvalue weighted by Crippen LogP contribution is -2.34. The predicted octanol–water partition coefficient (Wildman–Crippen LogP) is 1.26. The summed E-state index contributed by atoms with van der Waals surface area (Å²) in [6, 6.07) is 0.208. The molecule has 0 aliphatic rings. The van der Waals surface area contributed by atoms with E-state index in [1.807, 2.05) is 19.4 Å². The highest BCUT2D eigenvalue weighted by atomic mass is 16.5. The van der Waals surface area contributed by atoms with Gasteiger partial charge in [-0.1, -0.05) is 6.92 Å². The summed E-state index contributed by atoms with van der Waals surface area (Å²) >= 11 is 0. The van der Waals surface area contributed by atoms with Gasteiger partial charge in [-0.2, -0.15) is 0 Å². The van der Waals surface area contributed by atoms with E-state index in [0.29, 0.717) is 6.54 Å². The molecule has 0 amide bonds. The van der Waals surface area contributed by atoms with Crippen LogP contribution < -0.4 is 5.73 Å². The number of aromatic nitrogens is 2. The molecule has 0 fully saturated rings. The molecule has 1 rings (SSSR count). The van der Waals surface area contributed by atoms with E-state index in [-0.39, 0.29) is 6.04 Å². The van der Waals surface area contributed by atoms with Crippen LogP contribution in [-0.2, 0) is 11.3 Å². The van der Waals surface area contributed by atoms with E-state index < -0.39 is 0 Å². The van der Waals surface area contributed by atoms with Crippen molar-refractivity contribution in [1.29, 1.82) is 0 Å². The summed E-state index contributed by atoms with van der Waals surface area (Å²) in [6.07, 6.45) is 4.91. The maximum absolute atomic E-state index is 5.91. The van der Waals surface area contributed by atoms with E-state index in [0.717, 1.165) is 32.7 Å². The molecular weight excluding hydrogens is 228 g/mol. The van der Waals surface area contributed by atoms with Crippen LogP contribution in [0.5, 0.6) is 0 Å². The van der Waals surface area contributed by atoms with E-state index in [9.17, 15) is 0 Å². The highest BCUT2D eigenvalue weighted by molar-refractivity contribution is 5.06. The first-order valence-electron chi connectivity index (χ1n) is 6.72. The Morgan fingerprint density at radius 1 is 1.50 bits per heavy atom. The zero-order valence-corrected chi connectivity index (χ0v) is 11.8. The second-order valence-electron chi connectivity index (χ2n) is 4.44. The SMILES string of the molecule is CCCn1cncc1C(CN)N(C)CCOCC. The Morgan fingerprint density at radius 3 is 2.89 bits per heavy atom. The highest BCUT2D eigenvalue weighted by Gasteiger charge is 2.18. The van der Waals surface area contributed by atoms with E-state index in [1.54, 1.807) is 0 Å². The molecule has 0 aromatic carbocycles. The van der Waals surface area contributed by atoms with Gasteiger partial charge in [0.1, 0.15) is 0 Å². The van der Waals surface area contributed by atoms with E-state index in [4.69, 9.17) is 10.5 Å². The number of ether oxygens (including phenoxy) is 1. The van der Waals surface area contributed by atoms with Gasteiger partial charge in [0.15, 0.2) is 0 Å². The molecule has 5 nitrogen and oxygen atoms in total. The monoisotopic (exact) mass is 254 g/mol. The minimum atomic E-state index is 0.208. The van der Waals surface area contributed by atoms with Crippen molar-refractivity contribution in [3.63, 3.8) is 0 Å². The van der Waals surface area contributed by atoms with Gasteiger partial charge in [0.25, 0.3) is 0 Å². The van der Waals surface area contributed by atoms with Crippen LogP contribution in [0, 0.1) is 0 Å². The second-order valence-corrected chi connectivity index (χ2v) is 4.44. The van der Waals surface area contributed by atoms with Crippen LogP contribution in [0.15, 0.2) is 12.5 Å². The number of hydrogen-bond donors (Lipinski definition) is 1. The lowest BCUT2D eigenvalue weighted by molar-refractivity contribution is 0.107. The van der Waals surface area contributed by atoms with Crippen LogP contribution in [0.2, 0.25) is 0 Å². The van der Waals surface area contributed by atoms with Gasteiger partial charge >= 0.3 is 0 Å². The average Bonchev–Trinajstić information content (AvgIpc) is 2.79. The minimum absolute atomic E-state index is 0.208. The van der Waals surface area contributed by atoms with Gasteiger partial charge < -0.3 is 15.0 Å². The molecule has 0 saturated carbocycles. The van der Waals surface area contributed by atoms with Gasteiger partial charge in [-0.15, -0.1) is 0 Å². The Bertz CT molecular complexity index is 327. The third kappa shape index (κ3) is 4.08. The number of hydrogen-bond acceptors (Lipinski definition) is 4. The Kier molecular flexibility index (Phi) is 6.93.